The third-order valence-corrected chi connectivity index (χ3v) is 4.88. The minimum Gasteiger partial charge on any atom is -0.356 e. The molecule has 10 heteroatoms. The van der Waals surface area contributed by atoms with E-state index in [2.05, 4.69) is 25.3 Å². The van der Waals surface area contributed by atoms with Crippen molar-refractivity contribution in [3.05, 3.63) is 47.9 Å². The van der Waals surface area contributed by atoms with Gasteiger partial charge < -0.3 is 10.2 Å². The minimum absolute atomic E-state index is 0.0382. The summed E-state index contributed by atoms with van der Waals surface area (Å²) in [5.74, 6) is 0.284. The van der Waals surface area contributed by atoms with Gasteiger partial charge in [-0.15, -0.1) is 0 Å². The van der Waals surface area contributed by atoms with Crippen LogP contribution < -0.4 is 10.2 Å². The third kappa shape index (κ3) is 4.01. The van der Waals surface area contributed by atoms with Gasteiger partial charge in [0, 0.05) is 25.2 Å². The first-order valence-electron chi connectivity index (χ1n) is 9.30. The van der Waals surface area contributed by atoms with E-state index in [-0.39, 0.29) is 12.1 Å². The second-order valence-corrected chi connectivity index (χ2v) is 6.83. The molecule has 1 aliphatic rings. The second kappa shape index (κ2) is 7.69. The van der Waals surface area contributed by atoms with Crippen molar-refractivity contribution >= 4 is 22.8 Å². The van der Waals surface area contributed by atoms with Crippen LogP contribution in [0.3, 0.4) is 0 Å². The highest BCUT2D eigenvalue weighted by molar-refractivity contribution is 5.94. The minimum atomic E-state index is -4.49. The van der Waals surface area contributed by atoms with Crippen molar-refractivity contribution < 1.29 is 18.0 Å². The molecule has 7 nitrogen and oxygen atoms in total. The maximum atomic E-state index is 12.8. The van der Waals surface area contributed by atoms with E-state index in [0.29, 0.717) is 12.2 Å². The third-order valence-electron chi connectivity index (χ3n) is 4.88. The van der Waals surface area contributed by atoms with Gasteiger partial charge in [-0.2, -0.15) is 18.3 Å². The fourth-order valence-electron chi connectivity index (χ4n) is 3.44. The van der Waals surface area contributed by atoms with Crippen LogP contribution in [-0.2, 0) is 12.7 Å². The van der Waals surface area contributed by atoms with Gasteiger partial charge in [-0.1, -0.05) is 6.07 Å². The molecule has 1 fully saturated rings. The van der Waals surface area contributed by atoms with Gasteiger partial charge in [0.15, 0.2) is 5.65 Å². The summed E-state index contributed by atoms with van der Waals surface area (Å²) in [7, 11) is 0. The Kier molecular flexibility index (Phi) is 5.08. The Morgan fingerprint density at radius 3 is 2.72 bits per heavy atom. The molecule has 1 N–H and O–H groups in total. The number of nitrogens with zero attached hydrogens (tertiary/aromatic N) is 5. The zero-order valence-electron chi connectivity index (χ0n) is 15.5. The summed E-state index contributed by atoms with van der Waals surface area (Å²) in [5, 5.41) is 7.81. The monoisotopic (exact) mass is 404 g/mol. The molecular formula is C19H19F3N6O. The van der Waals surface area contributed by atoms with Gasteiger partial charge in [0.05, 0.1) is 23.7 Å². The highest BCUT2D eigenvalue weighted by atomic mass is 19.4. The molecule has 0 saturated carbocycles. The average Bonchev–Trinajstić information content (AvgIpc) is 3.37. The Morgan fingerprint density at radius 1 is 1.17 bits per heavy atom. The van der Waals surface area contributed by atoms with E-state index in [1.54, 1.807) is 10.9 Å². The van der Waals surface area contributed by atoms with Gasteiger partial charge in [0.1, 0.15) is 12.1 Å². The summed E-state index contributed by atoms with van der Waals surface area (Å²) in [6.07, 6.45) is 0.965. The summed E-state index contributed by atoms with van der Waals surface area (Å²) in [6, 6.07) is 4.34. The lowest BCUT2D eigenvalue weighted by Gasteiger charge is -2.16. The fourth-order valence-corrected chi connectivity index (χ4v) is 3.44. The topological polar surface area (TPSA) is 75.9 Å². The number of halogens is 3. The highest BCUT2D eigenvalue weighted by Gasteiger charge is 2.30. The van der Waals surface area contributed by atoms with Crippen LogP contribution in [0.25, 0.3) is 11.0 Å². The molecule has 0 spiro atoms. The van der Waals surface area contributed by atoms with E-state index < -0.39 is 17.6 Å². The van der Waals surface area contributed by atoms with Crippen LogP contribution in [0, 0.1) is 0 Å². The Hall–Kier alpha value is -3.17. The van der Waals surface area contributed by atoms with E-state index in [9.17, 15) is 18.0 Å². The number of aromatic nitrogens is 4. The normalized spacial score (nSPS) is 14.5. The predicted molar refractivity (Wildman–Crippen MR) is 101 cm³/mol. The van der Waals surface area contributed by atoms with E-state index in [4.69, 9.17) is 0 Å². The predicted octanol–water partition coefficient (Wildman–Crippen LogP) is 2.88. The van der Waals surface area contributed by atoms with Gasteiger partial charge in [-0.25, -0.2) is 14.6 Å². The van der Waals surface area contributed by atoms with Gasteiger partial charge >= 0.3 is 6.18 Å². The van der Waals surface area contributed by atoms with Crippen molar-refractivity contribution in [3.8, 4) is 0 Å². The first-order valence-corrected chi connectivity index (χ1v) is 9.30. The number of nitrogens with one attached hydrogen (secondary N) is 1. The highest BCUT2D eigenvalue weighted by Crippen LogP contribution is 2.29. The first-order chi connectivity index (χ1) is 13.9. The first kappa shape index (κ1) is 19.2. The molecule has 2 aromatic heterocycles. The van der Waals surface area contributed by atoms with Crippen molar-refractivity contribution in [2.45, 2.75) is 25.6 Å². The molecule has 0 bridgehead atoms. The molecule has 1 amide bonds. The van der Waals surface area contributed by atoms with Crippen LogP contribution in [-0.4, -0.2) is 45.3 Å². The smallest absolute Gasteiger partial charge is 0.356 e. The van der Waals surface area contributed by atoms with E-state index in [0.717, 1.165) is 49.3 Å². The number of fused-ring (bicyclic) bond motifs is 1. The number of carbonyl (C=O) groups excluding carboxylic acids is 1. The molecular weight excluding hydrogens is 385 g/mol. The van der Waals surface area contributed by atoms with Gasteiger partial charge in [0.2, 0.25) is 0 Å². The summed E-state index contributed by atoms with van der Waals surface area (Å²) in [5.41, 5.74) is -0.228. The van der Waals surface area contributed by atoms with Crippen LogP contribution in [0.2, 0.25) is 0 Å². The summed E-state index contributed by atoms with van der Waals surface area (Å²) >= 11 is 0. The molecule has 0 radical (unpaired) electrons. The Balaban J connectivity index is 1.43. The summed E-state index contributed by atoms with van der Waals surface area (Å²) in [6.45, 7) is 2.44. The average molecular weight is 404 g/mol. The van der Waals surface area contributed by atoms with Crippen molar-refractivity contribution in [1.29, 1.82) is 0 Å². The number of benzene rings is 1. The zero-order chi connectivity index (χ0) is 20.4. The lowest BCUT2D eigenvalue weighted by atomic mass is 10.1. The number of alkyl halides is 3. The SMILES string of the molecule is O=C(NCCn1ncc2c(N3CCCC3)ncnc21)c1cccc(C(F)(F)F)c1. The van der Waals surface area contributed by atoms with Crippen LogP contribution in [0.1, 0.15) is 28.8 Å². The maximum Gasteiger partial charge on any atom is 0.416 e. The number of anilines is 1. The standard InChI is InChI=1S/C19H19F3N6O/c20-19(21,22)14-5-3-4-13(10-14)18(29)23-6-9-28-17-15(11-26-28)16(24-12-25-17)27-7-1-2-8-27/h3-5,10-12H,1-2,6-9H2,(H,23,29). The van der Waals surface area contributed by atoms with Crippen LogP contribution in [0.15, 0.2) is 36.8 Å². The molecule has 3 heterocycles. The van der Waals surface area contributed by atoms with Crippen molar-refractivity contribution in [2.24, 2.45) is 0 Å². The van der Waals surface area contributed by atoms with Crippen LogP contribution in [0.5, 0.6) is 0 Å². The van der Waals surface area contributed by atoms with Crippen LogP contribution >= 0.6 is 0 Å². The quantitative estimate of drug-likeness (QED) is 0.708. The van der Waals surface area contributed by atoms with Crippen molar-refractivity contribution in [1.82, 2.24) is 25.1 Å². The molecule has 1 aliphatic heterocycles. The molecule has 0 unspecified atom stereocenters. The van der Waals surface area contributed by atoms with E-state index in [1.165, 1.54) is 18.5 Å². The molecule has 3 aromatic rings. The van der Waals surface area contributed by atoms with E-state index in [1.807, 2.05) is 0 Å². The number of hydrogen-bond donors (Lipinski definition) is 1. The second-order valence-electron chi connectivity index (χ2n) is 6.83. The molecule has 0 aliphatic carbocycles. The maximum absolute atomic E-state index is 12.8. The van der Waals surface area contributed by atoms with Crippen LogP contribution in [0.4, 0.5) is 19.0 Å². The molecule has 152 valence electrons. The lowest BCUT2D eigenvalue weighted by molar-refractivity contribution is -0.137. The molecule has 4 rings (SSSR count). The Morgan fingerprint density at radius 2 is 1.97 bits per heavy atom. The Bertz CT molecular complexity index is 1030. The number of rotatable bonds is 5. The largest absolute Gasteiger partial charge is 0.416 e. The number of amides is 1. The van der Waals surface area contributed by atoms with Gasteiger partial charge in [-0.3, -0.25) is 4.79 Å². The van der Waals surface area contributed by atoms with Crippen molar-refractivity contribution in [2.75, 3.05) is 24.5 Å². The molecule has 1 aromatic carbocycles. The molecule has 0 atom stereocenters. The molecule has 29 heavy (non-hydrogen) atoms. The summed E-state index contributed by atoms with van der Waals surface area (Å²) in [4.78, 5) is 23.1. The van der Waals surface area contributed by atoms with Crippen molar-refractivity contribution in [3.63, 3.8) is 0 Å². The Labute approximate surface area is 164 Å². The number of hydrogen-bond acceptors (Lipinski definition) is 5. The van der Waals surface area contributed by atoms with E-state index >= 15 is 0 Å². The number of carbonyl (C=O) groups is 1. The summed E-state index contributed by atoms with van der Waals surface area (Å²) < 4.78 is 40.1. The fraction of sp³-hybridized carbons (Fsp3) is 0.368. The van der Waals surface area contributed by atoms with Gasteiger partial charge in [0.25, 0.3) is 5.91 Å². The zero-order valence-corrected chi connectivity index (χ0v) is 15.5. The lowest BCUT2D eigenvalue weighted by Crippen LogP contribution is -2.27. The molecule has 1 saturated heterocycles. The van der Waals surface area contributed by atoms with Gasteiger partial charge in [-0.05, 0) is 31.0 Å².